The number of nitrogens with one attached hydrogen (secondary N) is 1. The van der Waals surface area contributed by atoms with E-state index in [2.05, 4.69) is 39.1 Å². The van der Waals surface area contributed by atoms with Gasteiger partial charge in [-0.15, -0.1) is 0 Å². The van der Waals surface area contributed by atoms with E-state index in [1.165, 1.54) is 5.56 Å². The summed E-state index contributed by atoms with van der Waals surface area (Å²) in [6.07, 6.45) is 1.08. The van der Waals surface area contributed by atoms with Crippen LogP contribution >= 0.6 is 23.2 Å². The Balaban J connectivity index is 2.59. The van der Waals surface area contributed by atoms with Crippen LogP contribution in [0.1, 0.15) is 39.7 Å². The zero-order valence-corrected chi connectivity index (χ0v) is 13.2. The maximum absolute atomic E-state index is 6.08. The molecule has 0 spiro atoms. The predicted octanol–water partition coefficient (Wildman–Crippen LogP) is 4.91. The van der Waals surface area contributed by atoms with E-state index in [0.29, 0.717) is 16.0 Å². The number of rotatable bonds is 6. The molecule has 1 rings (SSSR count). The third kappa shape index (κ3) is 4.79. The Bertz CT molecular complexity index is 386. The summed E-state index contributed by atoms with van der Waals surface area (Å²) in [6.45, 7) is 11.0. The molecule has 0 amide bonds. The molecule has 0 fully saturated rings. The lowest BCUT2D eigenvalue weighted by molar-refractivity contribution is 0.442. The van der Waals surface area contributed by atoms with Gasteiger partial charge in [-0.3, -0.25) is 0 Å². The SMILES string of the molecule is CC(C)CNCCC(C)(C)c1ccc(Cl)c(Cl)c1. The van der Waals surface area contributed by atoms with E-state index >= 15 is 0 Å². The zero-order valence-electron chi connectivity index (χ0n) is 11.7. The van der Waals surface area contributed by atoms with Gasteiger partial charge >= 0.3 is 0 Å². The average molecular weight is 288 g/mol. The largest absolute Gasteiger partial charge is 0.316 e. The smallest absolute Gasteiger partial charge is 0.0595 e. The fourth-order valence-corrected chi connectivity index (χ4v) is 2.15. The Morgan fingerprint density at radius 1 is 1.17 bits per heavy atom. The minimum Gasteiger partial charge on any atom is -0.316 e. The van der Waals surface area contributed by atoms with Crippen LogP contribution in [0.25, 0.3) is 0 Å². The number of hydrogen-bond donors (Lipinski definition) is 1. The molecule has 0 aliphatic carbocycles. The number of halogens is 2. The minimum atomic E-state index is 0.109. The molecule has 0 saturated carbocycles. The van der Waals surface area contributed by atoms with Gasteiger partial charge in [0.2, 0.25) is 0 Å². The molecule has 1 N–H and O–H groups in total. The van der Waals surface area contributed by atoms with E-state index in [0.717, 1.165) is 19.5 Å². The average Bonchev–Trinajstić information content (AvgIpc) is 2.28. The quantitative estimate of drug-likeness (QED) is 0.734. The number of hydrogen-bond acceptors (Lipinski definition) is 1. The van der Waals surface area contributed by atoms with Crippen LogP contribution in [0.15, 0.2) is 18.2 Å². The Morgan fingerprint density at radius 3 is 2.39 bits per heavy atom. The van der Waals surface area contributed by atoms with Crippen molar-refractivity contribution in [3.63, 3.8) is 0 Å². The monoisotopic (exact) mass is 287 g/mol. The Hall–Kier alpha value is -0.240. The molecule has 0 aliphatic heterocycles. The maximum atomic E-state index is 6.08. The van der Waals surface area contributed by atoms with Crippen LogP contribution in [-0.4, -0.2) is 13.1 Å². The van der Waals surface area contributed by atoms with E-state index in [9.17, 15) is 0 Å². The van der Waals surface area contributed by atoms with Gasteiger partial charge in [0.25, 0.3) is 0 Å². The third-order valence-electron chi connectivity index (χ3n) is 3.18. The molecular weight excluding hydrogens is 265 g/mol. The first kappa shape index (κ1) is 15.8. The standard InChI is InChI=1S/C15H23Cl2N/c1-11(2)10-18-8-7-15(3,4)12-5-6-13(16)14(17)9-12/h5-6,9,11,18H,7-8,10H2,1-4H3. The van der Waals surface area contributed by atoms with Crippen LogP contribution in [0.2, 0.25) is 10.0 Å². The van der Waals surface area contributed by atoms with E-state index in [4.69, 9.17) is 23.2 Å². The summed E-state index contributed by atoms with van der Waals surface area (Å²) in [7, 11) is 0. The summed E-state index contributed by atoms with van der Waals surface area (Å²) >= 11 is 12.0. The molecule has 0 aliphatic rings. The molecule has 0 atom stereocenters. The Morgan fingerprint density at radius 2 is 1.83 bits per heavy atom. The summed E-state index contributed by atoms with van der Waals surface area (Å²) < 4.78 is 0. The van der Waals surface area contributed by atoms with E-state index in [-0.39, 0.29) is 5.41 Å². The summed E-state index contributed by atoms with van der Waals surface area (Å²) in [4.78, 5) is 0. The minimum absolute atomic E-state index is 0.109. The van der Waals surface area contributed by atoms with Crippen molar-refractivity contribution in [2.24, 2.45) is 5.92 Å². The Labute approximate surface area is 121 Å². The normalized spacial score (nSPS) is 12.2. The summed E-state index contributed by atoms with van der Waals surface area (Å²) in [5, 5.41) is 4.73. The molecular formula is C15H23Cl2N. The third-order valence-corrected chi connectivity index (χ3v) is 3.92. The first-order chi connectivity index (χ1) is 8.33. The van der Waals surface area contributed by atoms with Crippen molar-refractivity contribution in [1.29, 1.82) is 0 Å². The molecule has 102 valence electrons. The molecule has 0 heterocycles. The molecule has 1 nitrogen and oxygen atoms in total. The molecule has 0 radical (unpaired) electrons. The second-order valence-corrected chi connectivity index (χ2v) is 6.68. The van der Waals surface area contributed by atoms with Crippen LogP contribution in [0.3, 0.4) is 0 Å². The van der Waals surface area contributed by atoms with Gasteiger partial charge in [0.05, 0.1) is 10.0 Å². The molecule has 0 bridgehead atoms. The summed E-state index contributed by atoms with van der Waals surface area (Å²) in [5.41, 5.74) is 1.35. The van der Waals surface area contributed by atoms with Crippen LogP contribution in [0.5, 0.6) is 0 Å². The van der Waals surface area contributed by atoms with Crippen molar-refractivity contribution >= 4 is 23.2 Å². The fraction of sp³-hybridized carbons (Fsp3) is 0.600. The van der Waals surface area contributed by atoms with Gasteiger partial charge in [-0.1, -0.05) is 57.0 Å². The molecule has 1 aromatic carbocycles. The molecule has 18 heavy (non-hydrogen) atoms. The lowest BCUT2D eigenvalue weighted by Gasteiger charge is -2.26. The van der Waals surface area contributed by atoms with Crippen molar-refractivity contribution < 1.29 is 0 Å². The van der Waals surface area contributed by atoms with Crippen LogP contribution in [-0.2, 0) is 5.41 Å². The van der Waals surface area contributed by atoms with Gasteiger partial charge in [0.1, 0.15) is 0 Å². The van der Waals surface area contributed by atoms with Gasteiger partial charge in [-0.25, -0.2) is 0 Å². The summed E-state index contributed by atoms with van der Waals surface area (Å²) in [6, 6.07) is 5.92. The first-order valence-electron chi connectivity index (χ1n) is 6.49. The van der Waals surface area contributed by atoms with Gasteiger partial charge in [0, 0.05) is 0 Å². The van der Waals surface area contributed by atoms with Crippen molar-refractivity contribution in [2.75, 3.05) is 13.1 Å². The number of benzene rings is 1. The lowest BCUT2D eigenvalue weighted by Crippen LogP contribution is -2.27. The zero-order chi connectivity index (χ0) is 13.8. The van der Waals surface area contributed by atoms with E-state index in [1.54, 1.807) is 0 Å². The van der Waals surface area contributed by atoms with Crippen LogP contribution in [0.4, 0.5) is 0 Å². The summed E-state index contributed by atoms with van der Waals surface area (Å²) in [5.74, 6) is 0.693. The topological polar surface area (TPSA) is 12.0 Å². The van der Waals surface area contributed by atoms with Crippen LogP contribution < -0.4 is 5.32 Å². The molecule has 3 heteroatoms. The van der Waals surface area contributed by atoms with Crippen LogP contribution in [0, 0.1) is 5.92 Å². The second kappa shape index (κ2) is 6.79. The highest BCUT2D eigenvalue weighted by atomic mass is 35.5. The molecule has 1 aromatic rings. The molecule has 0 saturated heterocycles. The first-order valence-corrected chi connectivity index (χ1v) is 7.25. The van der Waals surface area contributed by atoms with Crippen molar-refractivity contribution in [1.82, 2.24) is 5.32 Å². The molecule has 0 aromatic heterocycles. The highest BCUT2D eigenvalue weighted by molar-refractivity contribution is 6.42. The lowest BCUT2D eigenvalue weighted by atomic mass is 9.81. The van der Waals surface area contributed by atoms with Gasteiger partial charge in [-0.05, 0) is 48.5 Å². The van der Waals surface area contributed by atoms with Gasteiger partial charge in [0.15, 0.2) is 0 Å². The maximum Gasteiger partial charge on any atom is 0.0595 e. The van der Waals surface area contributed by atoms with Crippen molar-refractivity contribution in [3.05, 3.63) is 33.8 Å². The van der Waals surface area contributed by atoms with Crippen molar-refractivity contribution in [2.45, 2.75) is 39.5 Å². The Kier molecular flexibility index (Phi) is 5.97. The van der Waals surface area contributed by atoms with E-state index in [1.807, 2.05) is 12.1 Å². The highest BCUT2D eigenvalue weighted by Crippen LogP contribution is 2.31. The highest BCUT2D eigenvalue weighted by Gasteiger charge is 2.20. The molecule has 0 unspecified atom stereocenters. The fourth-order valence-electron chi connectivity index (χ4n) is 1.85. The van der Waals surface area contributed by atoms with E-state index < -0.39 is 0 Å². The predicted molar refractivity (Wildman–Crippen MR) is 81.8 cm³/mol. The van der Waals surface area contributed by atoms with Crippen molar-refractivity contribution in [3.8, 4) is 0 Å². The van der Waals surface area contributed by atoms with Gasteiger partial charge in [-0.2, -0.15) is 0 Å². The van der Waals surface area contributed by atoms with Gasteiger partial charge < -0.3 is 5.32 Å². The second-order valence-electron chi connectivity index (χ2n) is 5.86.